The lowest BCUT2D eigenvalue weighted by Gasteiger charge is -2.32. The van der Waals surface area contributed by atoms with Crippen molar-refractivity contribution in [1.82, 2.24) is 10.2 Å². The average Bonchev–Trinajstić information content (AvgIpc) is 2.96. The van der Waals surface area contributed by atoms with E-state index in [1.807, 2.05) is 6.92 Å². The molecule has 98 valence electrons. The normalized spacial score (nSPS) is 25.7. The van der Waals surface area contributed by atoms with Crippen molar-refractivity contribution in [3.63, 3.8) is 0 Å². The molecule has 18 heavy (non-hydrogen) atoms. The highest BCUT2D eigenvalue weighted by molar-refractivity contribution is 6.63. The van der Waals surface area contributed by atoms with Crippen molar-refractivity contribution in [1.29, 1.82) is 0 Å². The molecule has 0 radical (unpaired) electrons. The van der Waals surface area contributed by atoms with Crippen molar-refractivity contribution in [3.05, 3.63) is 11.4 Å². The third kappa shape index (κ3) is 1.72. The van der Waals surface area contributed by atoms with Crippen LogP contribution in [0.2, 0.25) is 0 Å². The van der Waals surface area contributed by atoms with E-state index in [0.717, 1.165) is 11.2 Å². The van der Waals surface area contributed by atoms with E-state index < -0.39 is 0 Å². The third-order valence-electron chi connectivity index (χ3n) is 4.50. The first kappa shape index (κ1) is 12.2. The molecule has 1 saturated heterocycles. The second kappa shape index (κ2) is 3.61. The maximum absolute atomic E-state index is 6.13. The molecular formula is C13H21BN2O2. The van der Waals surface area contributed by atoms with Crippen molar-refractivity contribution >= 4 is 12.6 Å². The largest absolute Gasteiger partial charge is 0.498 e. The van der Waals surface area contributed by atoms with E-state index in [1.165, 1.54) is 18.5 Å². The van der Waals surface area contributed by atoms with Gasteiger partial charge in [0.25, 0.3) is 0 Å². The number of aromatic nitrogens is 2. The Morgan fingerprint density at radius 3 is 2.22 bits per heavy atom. The standard InChI is InChI=1S/C13H21BN2O2/c1-8-10(11(16-15-8)9-6-7-9)14-17-12(2,3)13(4,5)18-14/h9H,6-7H2,1-5H3,(H,15,16). The fraction of sp³-hybridized carbons (Fsp3) is 0.769. The first-order chi connectivity index (χ1) is 8.32. The second-order valence-corrected chi connectivity index (χ2v) is 6.50. The second-order valence-electron chi connectivity index (χ2n) is 6.50. The lowest BCUT2D eigenvalue weighted by Crippen LogP contribution is -2.41. The van der Waals surface area contributed by atoms with Crippen molar-refractivity contribution in [2.75, 3.05) is 0 Å². The number of aromatic amines is 1. The highest BCUT2D eigenvalue weighted by Gasteiger charge is 2.53. The van der Waals surface area contributed by atoms with Crippen LogP contribution in [-0.4, -0.2) is 28.5 Å². The van der Waals surface area contributed by atoms with Gasteiger partial charge >= 0.3 is 7.12 Å². The number of rotatable bonds is 2. The molecule has 0 amide bonds. The smallest absolute Gasteiger partial charge is 0.399 e. The molecule has 1 aliphatic heterocycles. The summed E-state index contributed by atoms with van der Waals surface area (Å²) in [5.74, 6) is 0.625. The summed E-state index contributed by atoms with van der Waals surface area (Å²) in [5, 5.41) is 7.49. The number of hydrogen-bond donors (Lipinski definition) is 1. The summed E-state index contributed by atoms with van der Waals surface area (Å²) in [5.41, 5.74) is 2.75. The molecule has 0 aromatic carbocycles. The molecule has 5 heteroatoms. The monoisotopic (exact) mass is 248 g/mol. The Hall–Kier alpha value is -0.805. The lowest BCUT2D eigenvalue weighted by atomic mass is 9.76. The summed E-state index contributed by atoms with van der Waals surface area (Å²) in [6, 6.07) is 0. The van der Waals surface area contributed by atoms with E-state index in [2.05, 4.69) is 37.9 Å². The SMILES string of the molecule is Cc1n[nH]c(C2CC2)c1B1OC(C)(C)C(C)(C)O1. The summed E-state index contributed by atoms with van der Waals surface area (Å²) < 4.78 is 12.3. The molecule has 1 aromatic rings. The molecule has 2 heterocycles. The lowest BCUT2D eigenvalue weighted by molar-refractivity contribution is 0.00578. The van der Waals surface area contributed by atoms with Crippen LogP contribution in [0.5, 0.6) is 0 Å². The third-order valence-corrected chi connectivity index (χ3v) is 4.50. The van der Waals surface area contributed by atoms with Gasteiger partial charge in [-0.15, -0.1) is 0 Å². The van der Waals surface area contributed by atoms with E-state index in [-0.39, 0.29) is 18.3 Å². The first-order valence-corrected chi connectivity index (χ1v) is 6.72. The van der Waals surface area contributed by atoms with Gasteiger partial charge in [-0.05, 0) is 47.5 Å². The summed E-state index contributed by atoms with van der Waals surface area (Å²) >= 11 is 0. The van der Waals surface area contributed by atoms with E-state index >= 15 is 0 Å². The van der Waals surface area contributed by atoms with Gasteiger partial charge in [0.05, 0.1) is 16.9 Å². The zero-order valence-corrected chi connectivity index (χ0v) is 11.8. The number of nitrogens with zero attached hydrogens (tertiary/aromatic N) is 1. The molecule has 2 fully saturated rings. The Balaban J connectivity index is 1.95. The Morgan fingerprint density at radius 2 is 1.72 bits per heavy atom. The fourth-order valence-corrected chi connectivity index (χ4v) is 2.40. The van der Waals surface area contributed by atoms with Crippen LogP contribution in [-0.2, 0) is 9.31 Å². The van der Waals surface area contributed by atoms with Gasteiger partial charge in [0.1, 0.15) is 0 Å². The van der Waals surface area contributed by atoms with Gasteiger partial charge < -0.3 is 9.31 Å². The summed E-state index contributed by atoms with van der Waals surface area (Å²) in [6.07, 6.45) is 2.49. The zero-order chi connectivity index (χ0) is 13.1. The minimum atomic E-state index is -0.289. The highest BCUT2D eigenvalue weighted by atomic mass is 16.7. The Kier molecular flexibility index (Phi) is 2.45. The number of aryl methyl sites for hydroxylation is 1. The van der Waals surface area contributed by atoms with Crippen LogP contribution < -0.4 is 5.46 Å². The molecule has 0 unspecified atom stereocenters. The van der Waals surface area contributed by atoms with Crippen LogP contribution >= 0.6 is 0 Å². The van der Waals surface area contributed by atoms with Crippen molar-refractivity contribution in [2.24, 2.45) is 0 Å². The Morgan fingerprint density at radius 1 is 1.17 bits per heavy atom. The predicted octanol–water partition coefficient (Wildman–Crippen LogP) is 1.89. The van der Waals surface area contributed by atoms with Gasteiger partial charge in [0.2, 0.25) is 0 Å². The number of hydrogen-bond acceptors (Lipinski definition) is 3. The van der Waals surface area contributed by atoms with Crippen molar-refractivity contribution in [3.8, 4) is 0 Å². The van der Waals surface area contributed by atoms with Crippen LogP contribution in [0, 0.1) is 6.92 Å². The number of nitrogens with one attached hydrogen (secondary N) is 1. The average molecular weight is 248 g/mol. The van der Waals surface area contributed by atoms with E-state index in [9.17, 15) is 0 Å². The van der Waals surface area contributed by atoms with Gasteiger partial charge in [0.15, 0.2) is 0 Å². The maximum Gasteiger partial charge on any atom is 0.498 e. The van der Waals surface area contributed by atoms with Crippen LogP contribution in [0.15, 0.2) is 0 Å². The molecule has 1 aromatic heterocycles. The molecule has 0 spiro atoms. The summed E-state index contributed by atoms with van der Waals surface area (Å²) in [4.78, 5) is 0. The van der Waals surface area contributed by atoms with E-state index in [4.69, 9.17) is 9.31 Å². The zero-order valence-electron chi connectivity index (χ0n) is 11.8. The molecule has 3 rings (SSSR count). The van der Waals surface area contributed by atoms with Gasteiger partial charge in [0, 0.05) is 17.1 Å². The van der Waals surface area contributed by atoms with Gasteiger partial charge in [-0.3, -0.25) is 5.10 Å². The topological polar surface area (TPSA) is 47.1 Å². The van der Waals surface area contributed by atoms with Gasteiger partial charge in [-0.2, -0.15) is 5.10 Å². The Bertz CT molecular complexity index is 461. The molecule has 1 saturated carbocycles. The van der Waals surface area contributed by atoms with Crippen molar-refractivity contribution < 1.29 is 9.31 Å². The van der Waals surface area contributed by atoms with Crippen LogP contribution in [0.1, 0.15) is 57.8 Å². The highest BCUT2D eigenvalue weighted by Crippen LogP contribution is 2.41. The van der Waals surface area contributed by atoms with Crippen LogP contribution in [0.4, 0.5) is 0 Å². The Labute approximate surface area is 109 Å². The minimum absolute atomic E-state index is 0.288. The van der Waals surface area contributed by atoms with E-state index in [0.29, 0.717) is 5.92 Å². The molecular weight excluding hydrogens is 227 g/mol. The van der Waals surface area contributed by atoms with Crippen LogP contribution in [0.3, 0.4) is 0 Å². The molecule has 2 aliphatic rings. The first-order valence-electron chi connectivity index (χ1n) is 6.72. The molecule has 1 N–H and O–H groups in total. The van der Waals surface area contributed by atoms with Crippen LogP contribution in [0.25, 0.3) is 0 Å². The number of H-pyrrole nitrogens is 1. The predicted molar refractivity (Wildman–Crippen MR) is 71.0 cm³/mol. The minimum Gasteiger partial charge on any atom is -0.399 e. The quantitative estimate of drug-likeness (QED) is 0.813. The summed E-state index contributed by atoms with van der Waals surface area (Å²) in [6.45, 7) is 10.3. The van der Waals surface area contributed by atoms with Gasteiger partial charge in [-0.1, -0.05) is 0 Å². The molecule has 1 aliphatic carbocycles. The summed E-state index contributed by atoms with van der Waals surface area (Å²) in [7, 11) is -0.288. The fourth-order valence-electron chi connectivity index (χ4n) is 2.40. The van der Waals surface area contributed by atoms with E-state index in [1.54, 1.807) is 0 Å². The molecule has 4 nitrogen and oxygen atoms in total. The molecule has 0 bridgehead atoms. The van der Waals surface area contributed by atoms with Crippen molar-refractivity contribution in [2.45, 2.75) is 64.6 Å². The van der Waals surface area contributed by atoms with Gasteiger partial charge in [-0.25, -0.2) is 0 Å². The molecule has 0 atom stereocenters. The maximum atomic E-state index is 6.13.